The number of esters is 5. The first-order chi connectivity index (χ1) is 39.1. The molecule has 0 unspecified atom stereocenters. The molecule has 0 saturated heterocycles. The van der Waals surface area contributed by atoms with E-state index >= 15 is 0 Å². The van der Waals surface area contributed by atoms with E-state index < -0.39 is 23.9 Å². The van der Waals surface area contributed by atoms with E-state index in [1.54, 1.807) is 72.8 Å². The normalized spacial score (nSPS) is 13.7. The summed E-state index contributed by atoms with van der Waals surface area (Å²) in [5, 5.41) is 0. The second kappa shape index (κ2) is 31.5. The summed E-state index contributed by atoms with van der Waals surface area (Å²) in [6.45, 7) is 12.9. The molecule has 0 amide bonds. The van der Waals surface area contributed by atoms with E-state index in [2.05, 4.69) is 19.7 Å². The molecule has 0 bridgehead atoms. The monoisotopic (exact) mass is 1090 g/mol. The van der Waals surface area contributed by atoms with Gasteiger partial charge in [0.2, 0.25) is 0 Å². The molecule has 80 heavy (non-hydrogen) atoms. The minimum Gasteiger partial charge on any atom is -0.494 e. The van der Waals surface area contributed by atoms with Crippen LogP contribution < -0.4 is 28.4 Å². The molecule has 1 fully saturated rings. The van der Waals surface area contributed by atoms with Gasteiger partial charge in [0.15, 0.2) is 0 Å². The van der Waals surface area contributed by atoms with Crippen molar-refractivity contribution in [2.45, 2.75) is 57.8 Å². The number of ether oxygens (including phenoxy) is 10. The first-order valence-electron chi connectivity index (χ1n) is 26.7. The van der Waals surface area contributed by atoms with Crippen LogP contribution in [0.3, 0.4) is 0 Å². The van der Waals surface area contributed by atoms with Gasteiger partial charge in [-0.05, 0) is 142 Å². The van der Waals surface area contributed by atoms with Crippen molar-refractivity contribution in [2.75, 3.05) is 59.5 Å². The molecule has 1 heterocycles. The van der Waals surface area contributed by atoms with Gasteiger partial charge < -0.3 is 47.4 Å². The summed E-state index contributed by atoms with van der Waals surface area (Å²) >= 11 is 0. The summed E-state index contributed by atoms with van der Waals surface area (Å²) in [6.07, 6.45) is 10.2. The van der Waals surface area contributed by atoms with Gasteiger partial charge >= 0.3 is 29.8 Å². The van der Waals surface area contributed by atoms with Crippen LogP contribution in [0.15, 0.2) is 153 Å². The van der Waals surface area contributed by atoms with Gasteiger partial charge in [-0.15, -0.1) is 0 Å². The van der Waals surface area contributed by atoms with Gasteiger partial charge in [0.25, 0.3) is 0 Å². The average molecular weight is 1090 g/mol. The molecule has 6 aromatic rings. The second-order valence-corrected chi connectivity index (χ2v) is 18.5. The predicted octanol–water partition coefficient (Wildman–Crippen LogP) is 11.3. The molecular weight excluding hydrogens is 1020 g/mol. The van der Waals surface area contributed by atoms with Crippen LogP contribution in [0.25, 0.3) is 33.5 Å². The zero-order valence-corrected chi connectivity index (χ0v) is 44.7. The van der Waals surface area contributed by atoms with Gasteiger partial charge in [-0.2, -0.15) is 0 Å². The molecule has 0 N–H and O–H groups in total. The summed E-state index contributed by atoms with van der Waals surface area (Å²) in [7, 11) is 0. The fraction of sp³-hybridized carbons (Fsp3) is 0.317. The van der Waals surface area contributed by atoms with Crippen molar-refractivity contribution in [3.05, 3.63) is 159 Å². The maximum absolute atomic E-state index is 13.5. The number of carbonyl (C=O) groups excluding carboxylic acids is 5. The van der Waals surface area contributed by atoms with Crippen molar-refractivity contribution in [1.82, 2.24) is 9.97 Å². The third kappa shape index (κ3) is 19.0. The van der Waals surface area contributed by atoms with Crippen molar-refractivity contribution in [3.8, 4) is 57.0 Å². The van der Waals surface area contributed by atoms with Crippen molar-refractivity contribution >= 4 is 40.9 Å². The SMILES string of the molecule is C=CC(=O)OCCCCCCOc1ccc(C(=O)Oc2cccc(-c3nc4cc(OCCOCCOC(=O)C=C)ccc4nc3-c3cccc(OCC4CCC(C(=O)Oc5ccc(OCCCOC(=O)C=C)cc5)CC4)c3)c2)cc1. The summed E-state index contributed by atoms with van der Waals surface area (Å²) in [5.74, 6) is 0.946. The Hall–Kier alpha value is -8.83. The lowest BCUT2D eigenvalue weighted by Crippen LogP contribution is -2.27. The molecule has 418 valence electrons. The maximum atomic E-state index is 13.5. The van der Waals surface area contributed by atoms with E-state index in [4.69, 9.17) is 57.3 Å². The maximum Gasteiger partial charge on any atom is 0.343 e. The van der Waals surface area contributed by atoms with Crippen molar-refractivity contribution in [3.63, 3.8) is 0 Å². The number of hydrogen-bond acceptors (Lipinski definition) is 17. The molecule has 0 atom stereocenters. The summed E-state index contributed by atoms with van der Waals surface area (Å²) < 4.78 is 56.1. The van der Waals surface area contributed by atoms with E-state index in [-0.39, 0.29) is 50.8 Å². The van der Waals surface area contributed by atoms with Gasteiger partial charge in [0, 0.05) is 41.8 Å². The standard InChI is InChI=1S/C63H66N2O15/c1-4-57(66)75-33-10-8-7-9-32-72-49-24-22-46(23-25-49)63(70)80-54-17-12-15-48(41-54)61-60(64-55-31-30-53(42-56(55)65-61)74-38-36-71-37-39-77-59(68)6-3)47-14-11-16-52(40-47)78-43-44-18-20-45(21-19-44)62(69)79-51-28-26-50(27-29-51)73-34-13-35-76-58(67)5-2/h4-6,11-12,14-17,22-31,40-42,44-45H,1-3,7-10,13,18-21,32-39,43H2. The van der Waals surface area contributed by atoms with Crippen LogP contribution >= 0.6 is 0 Å². The third-order valence-corrected chi connectivity index (χ3v) is 12.7. The smallest absolute Gasteiger partial charge is 0.343 e. The molecule has 0 spiro atoms. The molecule has 7 rings (SSSR count). The predicted molar refractivity (Wildman–Crippen MR) is 299 cm³/mol. The van der Waals surface area contributed by atoms with Crippen LogP contribution in [0.2, 0.25) is 0 Å². The summed E-state index contributed by atoms with van der Waals surface area (Å²) in [6, 6.07) is 33.9. The fourth-order valence-electron chi connectivity index (χ4n) is 8.44. The topological polar surface area (TPSA) is 203 Å². The Morgan fingerprint density at radius 1 is 0.450 bits per heavy atom. The number of aromatic nitrogens is 2. The highest BCUT2D eigenvalue weighted by Crippen LogP contribution is 2.36. The van der Waals surface area contributed by atoms with Crippen LogP contribution in [0.5, 0.6) is 34.5 Å². The van der Waals surface area contributed by atoms with Crippen LogP contribution in [0.4, 0.5) is 0 Å². The van der Waals surface area contributed by atoms with Gasteiger partial charge in [0.05, 0.1) is 80.2 Å². The van der Waals surface area contributed by atoms with Crippen LogP contribution in [-0.2, 0) is 38.1 Å². The molecule has 1 aliphatic rings. The molecule has 1 aliphatic carbocycles. The lowest BCUT2D eigenvalue weighted by atomic mass is 9.82. The van der Waals surface area contributed by atoms with E-state index in [0.717, 1.165) is 62.3 Å². The second-order valence-electron chi connectivity index (χ2n) is 18.5. The average Bonchev–Trinajstić information content (AvgIpc) is 3.50. The van der Waals surface area contributed by atoms with Gasteiger partial charge in [-0.3, -0.25) is 4.79 Å². The van der Waals surface area contributed by atoms with E-state index in [0.29, 0.717) is 114 Å². The van der Waals surface area contributed by atoms with Crippen molar-refractivity contribution in [2.24, 2.45) is 11.8 Å². The molecule has 0 radical (unpaired) electrons. The number of nitrogens with zero attached hydrogens (tertiary/aromatic N) is 2. The molecule has 17 nitrogen and oxygen atoms in total. The van der Waals surface area contributed by atoms with Gasteiger partial charge in [0.1, 0.15) is 47.7 Å². The van der Waals surface area contributed by atoms with Crippen molar-refractivity contribution in [1.29, 1.82) is 0 Å². The summed E-state index contributed by atoms with van der Waals surface area (Å²) in [4.78, 5) is 70.7. The van der Waals surface area contributed by atoms with Gasteiger partial charge in [-0.25, -0.2) is 29.1 Å². The highest BCUT2D eigenvalue weighted by atomic mass is 16.6. The fourth-order valence-corrected chi connectivity index (χ4v) is 8.44. The number of rotatable bonds is 32. The Balaban J connectivity index is 0.972. The minimum absolute atomic E-state index is 0.0991. The lowest BCUT2D eigenvalue weighted by Gasteiger charge is -2.27. The molecule has 1 aromatic heterocycles. The van der Waals surface area contributed by atoms with E-state index in [9.17, 15) is 24.0 Å². The molecule has 1 saturated carbocycles. The number of carbonyl (C=O) groups is 5. The Kier molecular flexibility index (Phi) is 23.2. The largest absolute Gasteiger partial charge is 0.494 e. The van der Waals surface area contributed by atoms with Crippen molar-refractivity contribution < 1.29 is 71.3 Å². The van der Waals surface area contributed by atoms with Crippen LogP contribution in [-0.4, -0.2) is 99.3 Å². The quantitative estimate of drug-likeness (QED) is 0.0127. The zero-order chi connectivity index (χ0) is 56.3. The number of hydrogen-bond donors (Lipinski definition) is 0. The zero-order valence-electron chi connectivity index (χ0n) is 44.7. The Morgan fingerprint density at radius 2 is 0.963 bits per heavy atom. The summed E-state index contributed by atoms with van der Waals surface area (Å²) in [5.41, 5.74) is 3.99. The highest BCUT2D eigenvalue weighted by molar-refractivity contribution is 5.92. The van der Waals surface area contributed by atoms with E-state index in [1.165, 1.54) is 0 Å². The van der Waals surface area contributed by atoms with Crippen LogP contribution in [0.1, 0.15) is 68.1 Å². The minimum atomic E-state index is -0.550. The molecule has 0 aliphatic heterocycles. The number of benzene rings is 5. The Labute approximate surface area is 465 Å². The number of fused-ring (bicyclic) bond motifs is 1. The molecule has 5 aromatic carbocycles. The van der Waals surface area contributed by atoms with E-state index in [1.807, 2.05) is 42.5 Å². The van der Waals surface area contributed by atoms with Crippen LogP contribution in [0, 0.1) is 11.8 Å². The Morgan fingerprint density at radius 3 is 1.62 bits per heavy atom. The number of unbranched alkanes of at least 4 members (excludes halogenated alkanes) is 3. The lowest BCUT2D eigenvalue weighted by molar-refractivity contribution is -0.141. The molecular formula is C63H66N2O15. The first-order valence-corrected chi connectivity index (χ1v) is 26.7. The first kappa shape index (κ1) is 58.8. The Bertz CT molecular complexity index is 3040. The van der Waals surface area contributed by atoms with Gasteiger partial charge in [-0.1, -0.05) is 44.0 Å². The highest BCUT2D eigenvalue weighted by Gasteiger charge is 2.28. The third-order valence-electron chi connectivity index (χ3n) is 12.7. The molecule has 17 heteroatoms.